The van der Waals surface area contributed by atoms with Crippen molar-refractivity contribution in [1.29, 1.82) is 0 Å². The van der Waals surface area contributed by atoms with Crippen molar-refractivity contribution < 1.29 is 9.21 Å². The van der Waals surface area contributed by atoms with Gasteiger partial charge in [0.25, 0.3) is 5.91 Å². The van der Waals surface area contributed by atoms with Gasteiger partial charge < -0.3 is 25.7 Å². The fourth-order valence-corrected chi connectivity index (χ4v) is 2.51. The molecule has 23 heavy (non-hydrogen) atoms. The molecule has 0 unspecified atom stereocenters. The number of piperidine rings is 1. The third kappa shape index (κ3) is 6.78. The quantitative estimate of drug-likeness (QED) is 0.354. The number of rotatable bonds is 6. The van der Waals surface area contributed by atoms with Crippen molar-refractivity contribution >= 4 is 35.8 Å². The number of carbonyl (C=O) groups excluding carboxylic acids is 1. The van der Waals surface area contributed by atoms with Gasteiger partial charge in [0.2, 0.25) is 0 Å². The van der Waals surface area contributed by atoms with Gasteiger partial charge in [0.15, 0.2) is 11.7 Å². The molecule has 1 aromatic heterocycles. The van der Waals surface area contributed by atoms with Crippen molar-refractivity contribution in [2.45, 2.75) is 25.8 Å². The van der Waals surface area contributed by atoms with Gasteiger partial charge in [-0.1, -0.05) is 6.42 Å². The SMILES string of the molecule is CN=C(NCCN1CCCCC1)NCc1ccc(C(N)=O)o1.I. The van der Waals surface area contributed by atoms with Gasteiger partial charge in [0, 0.05) is 20.1 Å². The zero-order chi connectivity index (χ0) is 15.8. The predicted molar refractivity (Wildman–Crippen MR) is 101 cm³/mol. The summed E-state index contributed by atoms with van der Waals surface area (Å²) >= 11 is 0. The van der Waals surface area contributed by atoms with Crippen LogP contribution in [0.4, 0.5) is 0 Å². The second-order valence-corrected chi connectivity index (χ2v) is 5.39. The number of hydrogen-bond donors (Lipinski definition) is 3. The second kappa shape index (κ2) is 10.5. The molecular formula is C15H26IN5O2. The fourth-order valence-electron chi connectivity index (χ4n) is 2.51. The van der Waals surface area contributed by atoms with Gasteiger partial charge in [-0.15, -0.1) is 24.0 Å². The summed E-state index contributed by atoms with van der Waals surface area (Å²) in [4.78, 5) is 17.6. The molecule has 0 atom stereocenters. The van der Waals surface area contributed by atoms with E-state index in [1.807, 2.05) is 0 Å². The molecule has 0 radical (unpaired) electrons. The van der Waals surface area contributed by atoms with Crippen LogP contribution in [-0.4, -0.2) is 50.0 Å². The van der Waals surface area contributed by atoms with E-state index in [4.69, 9.17) is 10.2 Å². The van der Waals surface area contributed by atoms with Crippen LogP contribution in [0.5, 0.6) is 0 Å². The first-order valence-corrected chi connectivity index (χ1v) is 7.74. The van der Waals surface area contributed by atoms with Gasteiger partial charge in [0.1, 0.15) is 5.76 Å². The summed E-state index contributed by atoms with van der Waals surface area (Å²) in [5.74, 6) is 0.974. The van der Waals surface area contributed by atoms with E-state index in [1.54, 1.807) is 19.2 Å². The van der Waals surface area contributed by atoms with E-state index in [1.165, 1.54) is 32.4 Å². The topological polar surface area (TPSA) is 95.9 Å². The number of nitrogens with one attached hydrogen (secondary N) is 2. The molecule has 7 nitrogen and oxygen atoms in total. The predicted octanol–water partition coefficient (Wildman–Crippen LogP) is 1.15. The van der Waals surface area contributed by atoms with Crippen molar-refractivity contribution in [2.24, 2.45) is 10.7 Å². The van der Waals surface area contributed by atoms with E-state index in [0.29, 0.717) is 18.3 Å². The Morgan fingerprint density at radius 2 is 2.04 bits per heavy atom. The maximum Gasteiger partial charge on any atom is 0.284 e. The van der Waals surface area contributed by atoms with Crippen molar-refractivity contribution in [1.82, 2.24) is 15.5 Å². The number of nitrogens with zero attached hydrogens (tertiary/aromatic N) is 2. The summed E-state index contributed by atoms with van der Waals surface area (Å²) in [5.41, 5.74) is 5.15. The average Bonchev–Trinajstić information content (AvgIpc) is 3.01. The van der Waals surface area contributed by atoms with Crippen LogP contribution in [0.25, 0.3) is 0 Å². The van der Waals surface area contributed by atoms with E-state index in [9.17, 15) is 4.79 Å². The van der Waals surface area contributed by atoms with Crippen LogP contribution in [0, 0.1) is 0 Å². The number of carbonyl (C=O) groups is 1. The van der Waals surface area contributed by atoms with E-state index >= 15 is 0 Å². The van der Waals surface area contributed by atoms with Crippen LogP contribution >= 0.6 is 24.0 Å². The lowest BCUT2D eigenvalue weighted by Crippen LogP contribution is -2.42. The Kier molecular flexibility index (Phi) is 9.00. The number of guanidine groups is 1. The molecule has 1 aliphatic heterocycles. The lowest BCUT2D eigenvalue weighted by atomic mass is 10.1. The highest BCUT2D eigenvalue weighted by molar-refractivity contribution is 14.0. The normalized spacial score (nSPS) is 15.8. The monoisotopic (exact) mass is 435 g/mol. The minimum atomic E-state index is -0.560. The number of amides is 1. The molecule has 1 saturated heterocycles. The lowest BCUT2D eigenvalue weighted by Gasteiger charge is -2.26. The molecule has 0 spiro atoms. The van der Waals surface area contributed by atoms with Crippen LogP contribution in [0.2, 0.25) is 0 Å². The Morgan fingerprint density at radius 1 is 1.30 bits per heavy atom. The van der Waals surface area contributed by atoms with Crippen molar-refractivity contribution in [3.05, 3.63) is 23.7 Å². The molecule has 1 aromatic rings. The number of primary amides is 1. The smallest absolute Gasteiger partial charge is 0.284 e. The lowest BCUT2D eigenvalue weighted by molar-refractivity contribution is 0.0972. The van der Waals surface area contributed by atoms with Crippen LogP contribution in [0.3, 0.4) is 0 Å². The molecule has 1 aliphatic rings. The molecule has 8 heteroatoms. The first-order valence-electron chi connectivity index (χ1n) is 7.74. The van der Waals surface area contributed by atoms with Crippen LogP contribution < -0.4 is 16.4 Å². The number of aliphatic imine (C=N–C) groups is 1. The number of furan rings is 1. The zero-order valence-electron chi connectivity index (χ0n) is 13.5. The highest BCUT2D eigenvalue weighted by Crippen LogP contribution is 2.07. The molecule has 2 rings (SSSR count). The standard InChI is InChI=1S/C15H25N5O2.HI/c1-17-15(18-7-10-20-8-3-2-4-9-20)19-11-12-5-6-13(22-12)14(16)21;/h5-6H,2-4,7-11H2,1H3,(H2,16,21)(H2,17,18,19);1H. The molecule has 130 valence electrons. The van der Waals surface area contributed by atoms with Crippen LogP contribution in [0.1, 0.15) is 35.6 Å². The fraction of sp³-hybridized carbons (Fsp3) is 0.600. The Balaban J connectivity index is 0.00000264. The van der Waals surface area contributed by atoms with Crippen molar-refractivity contribution in [3.8, 4) is 0 Å². The number of hydrogen-bond acceptors (Lipinski definition) is 4. The first kappa shape index (κ1) is 19.8. The largest absolute Gasteiger partial charge is 0.454 e. The molecule has 2 heterocycles. The summed E-state index contributed by atoms with van der Waals surface area (Å²) in [6, 6.07) is 3.31. The highest BCUT2D eigenvalue weighted by atomic mass is 127. The van der Waals surface area contributed by atoms with Crippen molar-refractivity contribution in [3.63, 3.8) is 0 Å². The molecular weight excluding hydrogens is 409 g/mol. The Bertz CT molecular complexity index is 512. The molecule has 0 aromatic carbocycles. The van der Waals surface area contributed by atoms with E-state index < -0.39 is 5.91 Å². The zero-order valence-corrected chi connectivity index (χ0v) is 15.8. The van der Waals surface area contributed by atoms with Gasteiger partial charge in [-0.2, -0.15) is 0 Å². The van der Waals surface area contributed by atoms with Crippen LogP contribution in [0.15, 0.2) is 21.5 Å². The molecule has 0 aliphatic carbocycles. The van der Waals surface area contributed by atoms with E-state index in [0.717, 1.165) is 13.1 Å². The van der Waals surface area contributed by atoms with Gasteiger partial charge in [-0.05, 0) is 38.1 Å². The number of likely N-dealkylation sites (tertiary alicyclic amines) is 1. The minimum absolute atomic E-state index is 0. The summed E-state index contributed by atoms with van der Waals surface area (Å²) < 4.78 is 5.31. The average molecular weight is 435 g/mol. The number of nitrogens with two attached hydrogens (primary N) is 1. The van der Waals surface area contributed by atoms with Crippen molar-refractivity contribution in [2.75, 3.05) is 33.2 Å². The second-order valence-electron chi connectivity index (χ2n) is 5.39. The Labute approximate surface area is 154 Å². The maximum absolute atomic E-state index is 11.0. The van der Waals surface area contributed by atoms with E-state index in [-0.39, 0.29) is 29.7 Å². The Morgan fingerprint density at radius 3 is 2.65 bits per heavy atom. The summed E-state index contributed by atoms with van der Waals surface area (Å²) in [6.45, 7) is 4.71. The number of halogens is 1. The first-order chi connectivity index (χ1) is 10.7. The van der Waals surface area contributed by atoms with Gasteiger partial charge in [-0.25, -0.2) is 0 Å². The summed E-state index contributed by atoms with van der Waals surface area (Å²) in [6.07, 6.45) is 3.95. The Hall–Kier alpha value is -1.29. The molecule has 0 saturated carbocycles. The molecule has 1 amide bonds. The highest BCUT2D eigenvalue weighted by Gasteiger charge is 2.10. The van der Waals surface area contributed by atoms with Gasteiger partial charge in [-0.3, -0.25) is 9.79 Å². The van der Waals surface area contributed by atoms with Crippen LogP contribution in [-0.2, 0) is 6.54 Å². The molecule has 0 bridgehead atoms. The summed E-state index contributed by atoms with van der Waals surface area (Å²) in [7, 11) is 1.73. The maximum atomic E-state index is 11.0. The van der Waals surface area contributed by atoms with E-state index in [2.05, 4.69) is 20.5 Å². The minimum Gasteiger partial charge on any atom is -0.454 e. The van der Waals surface area contributed by atoms with Gasteiger partial charge >= 0.3 is 0 Å². The molecule has 1 fully saturated rings. The van der Waals surface area contributed by atoms with Gasteiger partial charge in [0.05, 0.1) is 6.54 Å². The third-order valence-electron chi connectivity index (χ3n) is 3.73. The molecule has 4 N–H and O–H groups in total. The third-order valence-corrected chi connectivity index (χ3v) is 3.73. The summed E-state index contributed by atoms with van der Waals surface area (Å²) in [5, 5.41) is 6.43.